The molecular formula is C15H21N3. The minimum absolute atomic E-state index is 0.961. The van der Waals surface area contributed by atoms with E-state index in [0.29, 0.717) is 0 Å². The summed E-state index contributed by atoms with van der Waals surface area (Å²) < 4.78 is 2.11. The fourth-order valence-electron chi connectivity index (χ4n) is 2.15. The van der Waals surface area contributed by atoms with Crippen LogP contribution in [0.2, 0.25) is 0 Å². The number of imidazole rings is 1. The SMILES string of the molecule is Cc1cccc(C)c1CNCCCn1ccnc1. The molecule has 0 fully saturated rings. The van der Waals surface area contributed by atoms with Gasteiger partial charge in [-0.3, -0.25) is 0 Å². The van der Waals surface area contributed by atoms with Crippen molar-refractivity contribution in [3.8, 4) is 0 Å². The molecule has 0 aliphatic carbocycles. The maximum absolute atomic E-state index is 4.03. The Morgan fingerprint density at radius 1 is 1.22 bits per heavy atom. The predicted molar refractivity (Wildman–Crippen MR) is 74.5 cm³/mol. The fourth-order valence-corrected chi connectivity index (χ4v) is 2.15. The lowest BCUT2D eigenvalue weighted by atomic mass is 10.0. The van der Waals surface area contributed by atoms with E-state index in [4.69, 9.17) is 0 Å². The van der Waals surface area contributed by atoms with Crippen LogP contribution in [0.25, 0.3) is 0 Å². The molecule has 0 unspecified atom stereocenters. The van der Waals surface area contributed by atoms with Crippen molar-refractivity contribution < 1.29 is 0 Å². The van der Waals surface area contributed by atoms with Crippen LogP contribution in [0.4, 0.5) is 0 Å². The van der Waals surface area contributed by atoms with Gasteiger partial charge in [0.2, 0.25) is 0 Å². The van der Waals surface area contributed by atoms with Crippen molar-refractivity contribution >= 4 is 0 Å². The van der Waals surface area contributed by atoms with Gasteiger partial charge >= 0.3 is 0 Å². The second-order valence-corrected chi connectivity index (χ2v) is 4.70. The number of aromatic nitrogens is 2. The molecule has 0 aliphatic heterocycles. The van der Waals surface area contributed by atoms with E-state index >= 15 is 0 Å². The van der Waals surface area contributed by atoms with Crippen molar-refractivity contribution in [1.82, 2.24) is 14.9 Å². The summed E-state index contributed by atoms with van der Waals surface area (Å²) in [5.74, 6) is 0. The summed E-state index contributed by atoms with van der Waals surface area (Å²) in [4.78, 5) is 4.03. The summed E-state index contributed by atoms with van der Waals surface area (Å²) in [6.07, 6.45) is 6.82. The number of nitrogens with one attached hydrogen (secondary N) is 1. The number of nitrogens with zero attached hydrogens (tertiary/aromatic N) is 2. The third-order valence-electron chi connectivity index (χ3n) is 3.28. The molecule has 0 spiro atoms. The second kappa shape index (κ2) is 6.36. The molecule has 0 bridgehead atoms. The quantitative estimate of drug-likeness (QED) is 0.791. The van der Waals surface area contributed by atoms with Crippen LogP contribution >= 0.6 is 0 Å². The Bertz CT molecular complexity index is 454. The van der Waals surface area contributed by atoms with Gasteiger partial charge in [0.05, 0.1) is 6.33 Å². The molecule has 0 aliphatic rings. The average molecular weight is 243 g/mol. The monoisotopic (exact) mass is 243 g/mol. The maximum Gasteiger partial charge on any atom is 0.0945 e. The summed E-state index contributed by atoms with van der Waals surface area (Å²) in [5, 5.41) is 3.51. The molecule has 2 rings (SSSR count). The predicted octanol–water partition coefficient (Wildman–Crippen LogP) is 2.68. The van der Waals surface area contributed by atoms with Gasteiger partial charge in [-0.05, 0) is 43.5 Å². The standard InChI is InChI=1S/C15H21N3/c1-13-5-3-6-14(2)15(13)11-16-7-4-9-18-10-8-17-12-18/h3,5-6,8,10,12,16H,4,7,9,11H2,1-2H3. The number of hydrogen-bond donors (Lipinski definition) is 1. The zero-order valence-corrected chi connectivity index (χ0v) is 11.2. The summed E-state index contributed by atoms with van der Waals surface area (Å²) in [7, 11) is 0. The molecular weight excluding hydrogens is 222 g/mol. The third kappa shape index (κ3) is 3.44. The van der Waals surface area contributed by atoms with Gasteiger partial charge in [0.25, 0.3) is 0 Å². The number of rotatable bonds is 6. The molecule has 1 N–H and O–H groups in total. The van der Waals surface area contributed by atoms with Gasteiger partial charge in [-0.15, -0.1) is 0 Å². The Morgan fingerprint density at radius 2 is 2.00 bits per heavy atom. The third-order valence-corrected chi connectivity index (χ3v) is 3.28. The fraction of sp³-hybridized carbons (Fsp3) is 0.400. The summed E-state index contributed by atoms with van der Waals surface area (Å²) in [6.45, 7) is 7.37. The van der Waals surface area contributed by atoms with E-state index < -0.39 is 0 Å². The first-order chi connectivity index (χ1) is 8.77. The van der Waals surface area contributed by atoms with Crippen LogP contribution in [-0.4, -0.2) is 16.1 Å². The molecule has 0 saturated heterocycles. The van der Waals surface area contributed by atoms with Gasteiger partial charge in [-0.2, -0.15) is 0 Å². The largest absolute Gasteiger partial charge is 0.337 e. The summed E-state index contributed by atoms with van der Waals surface area (Å²) >= 11 is 0. The van der Waals surface area contributed by atoms with Crippen molar-refractivity contribution in [3.63, 3.8) is 0 Å². The minimum atomic E-state index is 0.961. The van der Waals surface area contributed by atoms with E-state index in [0.717, 1.165) is 26.1 Å². The first kappa shape index (κ1) is 12.8. The van der Waals surface area contributed by atoms with Crippen LogP contribution in [0.15, 0.2) is 36.9 Å². The second-order valence-electron chi connectivity index (χ2n) is 4.70. The van der Waals surface area contributed by atoms with Crippen molar-refractivity contribution in [3.05, 3.63) is 53.6 Å². The zero-order valence-electron chi connectivity index (χ0n) is 11.2. The highest BCUT2D eigenvalue weighted by atomic mass is 15.0. The molecule has 1 aromatic heterocycles. The number of benzene rings is 1. The van der Waals surface area contributed by atoms with Crippen molar-refractivity contribution in [2.75, 3.05) is 6.54 Å². The lowest BCUT2D eigenvalue weighted by Crippen LogP contribution is -2.17. The molecule has 0 amide bonds. The Kier molecular flexibility index (Phi) is 4.53. The highest BCUT2D eigenvalue weighted by Gasteiger charge is 2.00. The molecule has 3 nitrogen and oxygen atoms in total. The molecule has 1 aromatic carbocycles. The van der Waals surface area contributed by atoms with E-state index in [2.05, 4.69) is 46.9 Å². The molecule has 0 saturated carbocycles. The van der Waals surface area contributed by atoms with Crippen molar-refractivity contribution in [2.45, 2.75) is 33.4 Å². The Hall–Kier alpha value is -1.61. The average Bonchev–Trinajstić information content (AvgIpc) is 2.85. The van der Waals surface area contributed by atoms with Gasteiger partial charge in [0.1, 0.15) is 0 Å². The lowest BCUT2D eigenvalue weighted by Gasteiger charge is -2.11. The summed E-state index contributed by atoms with van der Waals surface area (Å²) in [5.41, 5.74) is 4.18. The molecule has 0 atom stereocenters. The molecule has 1 heterocycles. The maximum atomic E-state index is 4.03. The molecule has 2 aromatic rings. The van der Waals surface area contributed by atoms with Crippen molar-refractivity contribution in [1.29, 1.82) is 0 Å². The first-order valence-corrected chi connectivity index (χ1v) is 6.49. The van der Waals surface area contributed by atoms with Crippen LogP contribution in [0.3, 0.4) is 0 Å². The molecule has 96 valence electrons. The van der Waals surface area contributed by atoms with E-state index in [1.165, 1.54) is 16.7 Å². The molecule has 18 heavy (non-hydrogen) atoms. The lowest BCUT2D eigenvalue weighted by molar-refractivity contribution is 0.579. The van der Waals surface area contributed by atoms with E-state index in [-0.39, 0.29) is 0 Å². The van der Waals surface area contributed by atoms with Gasteiger partial charge in [-0.25, -0.2) is 4.98 Å². The van der Waals surface area contributed by atoms with Crippen LogP contribution in [0, 0.1) is 13.8 Å². The Labute approximate surface area is 109 Å². The normalized spacial score (nSPS) is 10.8. The smallest absolute Gasteiger partial charge is 0.0945 e. The van der Waals surface area contributed by atoms with E-state index in [1.54, 1.807) is 0 Å². The Balaban J connectivity index is 1.72. The molecule has 3 heteroatoms. The van der Waals surface area contributed by atoms with Crippen LogP contribution in [0.5, 0.6) is 0 Å². The van der Waals surface area contributed by atoms with Crippen LogP contribution in [-0.2, 0) is 13.1 Å². The number of hydrogen-bond acceptors (Lipinski definition) is 2. The van der Waals surface area contributed by atoms with Crippen molar-refractivity contribution in [2.24, 2.45) is 0 Å². The number of aryl methyl sites for hydroxylation is 3. The van der Waals surface area contributed by atoms with Crippen LogP contribution < -0.4 is 5.32 Å². The minimum Gasteiger partial charge on any atom is -0.337 e. The van der Waals surface area contributed by atoms with Gasteiger partial charge in [-0.1, -0.05) is 18.2 Å². The van der Waals surface area contributed by atoms with Gasteiger partial charge in [0.15, 0.2) is 0 Å². The molecule has 0 radical (unpaired) electrons. The first-order valence-electron chi connectivity index (χ1n) is 6.49. The summed E-state index contributed by atoms with van der Waals surface area (Å²) in [6, 6.07) is 6.47. The van der Waals surface area contributed by atoms with Crippen LogP contribution in [0.1, 0.15) is 23.1 Å². The van der Waals surface area contributed by atoms with Gasteiger partial charge < -0.3 is 9.88 Å². The van der Waals surface area contributed by atoms with E-state index in [1.807, 2.05) is 18.7 Å². The van der Waals surface area contributed by atoms with E-state index in [9.17, 15) is 0 Å². The Morgan fingerprint density at radius 3 is 2.67 bits per heavy atom. The zero-order chi connectivity index (χ0) is 12.8. The highest BCUT2D eigenvalue weighted by Crippen LogP contribution is 2.12. The topological polar surface area (TPSA) is 29.9 Å². The highest BCUT2D eigenvalue weighted by molar-refractivity contribution is 5.33. The van der Waals surface area contributed by atoms with Gasteiger partial charge in [0, 0.05) is 25.5 Å².